The Morgan fingerprint density at radius 2 is 1.20 bits per heavy atom. The van der Waals surface area contributed by atoms with Crippen molar-refractivity contribution in [2.24, 2.45) is 0 Å². The molecule has 0 bridgehead atoms. The van der Waals surface area contributed by atoms with Crippen molar-refractivity contribution in [2.45, 2.75) is 59.2 Å². The predicted molar refractivity (Wildman–Crippen MR) is 216 cm³/mol. The first-order valence-corrected chi connectivity index (χ1v) is 21.4. The van der Waals surface area contributed by atoms with Crippen LogP contribution in [0.4, 0.5) is 0 Å². The zero-order valence-electron chi connectivity index (χ0n) is 30.1. The Bertz CT molecular complexity index is 2480. The van der Waals surface area contributed by atoms with Gasteiger partial charge in [0.15, 0.2) is 0 Å². The highest BCUT2D eigenvalue weighted by Crippen LogP contribution is 2.42. The molecule has 0 fully saturated rings. The van der Waals surface area contributed by atoms with E-state index in [0.29, 0.717) is 0 Å². The van der Waals surface area contributed by atoms with Crippen molar-refractivity contribution in [3.05, 3.63) is 139 Å². The van der Waals surface area contributed by atoms with Crippen LogP contribution in [0.3, 0.4) is 0 Å². The first kappa shape index (κ1) is 32.0. The van der Waals surface area contributed by atoms with Crippen LogP contribution in [0, 0.1) is 0 Å². The third-order valence-electron chi connectivity index (χ3n) is 10.1. The molecular weight excluding hydrogens is 625 g/mol. The Balaban J connectivity index is 1.36. The Morgan fingerprint density at radius 3 is 1.86 bits per heavy atom. The monoisotopic (exact) mass is 668 g/mol. The third kappa shape index (κ3) is 5.48. The molecule has 0 aliphatic rings. The van der Waals surface area contributed by atoms with E-state index in [9.17, 15) is 0 Å². The molecule has 2 heterocycles. The molecule has 3 nitrogen and oxygen atoms in total. The van der Waals surface area contributed by atoms with Crippen molar-refractivity contribution in [3.8, 4) is 39.3 Å². The molecule has 50 heavy (non-hydrogen) atoms. The molecule has 6 aromatic carbocycles. The predicted octanol–water partition coefficient (Wildman–Crippen LogP) is 12.7. The zero-order valence-corrected chi connectivity index (χ0v) is 31.1. The van der Waals surface area contributed by atoms with Gasteiger partial charge in [0.05, 0.1) is 30.4 Å². The lowest BCUT2D eigenvalue weighted by molar-refractivity contribution is 0.669. The fourth-order valence-corrected chi connectivity index (χ4v) is 8.49. The number of hydrogen-bond donors (Lipinski definition) is 0. The van der Waals surface area contributed by atoms with Crippen LogP contribution in [-0.2, 0) is 0 Å². The molecule has 8 aromatic rings. The van der Waals surface area contributed by atoms with E-state index in [2.05, 4.69) is 179 Å². The quantitative estimate of drug-likeness (QED) is 0.158. The Hall–Kier alpha value is -5.19. The normalized spacial score (nSPS) is 12.3. The summed E-state index contributed by atoms with van der Waals surface area (Å²) in [4.78, 5) is 5.37. The number of fused-ring (bicyclic) bond motifs is 4. The first-order valence-electron chi connectivity index (χ1n) is 17.9. The van der Waals surface area contributed by atoms with Crippen molar-refractivity contribution < 1.29 is 4.42 Å². The highest BCUT2D eigenvalue weighted by Gasteiger charge is 2.26. The summed E-state index contributed by atoms with van der Waals surface area (Å²) < 4.78 is 9.22. The number of benzene rings is 6. The smallest absolute Gasteiger partial charge is 0.149 e. The Kier molecular flexibility index (Phi) is 7.88. The van der Waals surface area contributed by atoms with Gasteiger partial charge in [-0.25, -0.2) is 4.98 Å². The first-order chi connectivity index (χ1) is 24.1. The number of aromatic nitrogens is 2. The summed E-state index contributed by atoms with van der Waals surface area (Å²) in [6.07, 6.45) is 0. The van der Waals surface area contributed by atoms with Gasteiger partial charge in [-0.1, -0.05) is 144 Å². The fraction of sp³-hybridized carbons (Fsp3) is 0.196. The van der Waals surface area contributed by atoms with E-state index in [-0.39, 0.29) is 11.8 Å². The fourth-order valence-electron chi connectivity index (χ4n) is 7.34. The van der Waals surface area contributed by atoms with Gasteiger partial charge in [-0.05, 0) is 81.6 Å². The average molecular weight is 669 g/mol. The van der Waals surface area contributed by atoms with Crippen LogP contribution >= 0.6 is 0 Å². The van der Waals surface area contributed by atoms with Crippen molar-refractivity contribution in [1.82, 2.24) is 9.55 Å². The van der Waals surface area contributed by atoms with Gasteiger partial charge in [0.25, 0.3) is 0 Å². The average Bonchev–Trinajstić information content (AvgIpc) is 3.69. The van der Waals surface area contributed by atoms with Gasteiger partial charge in [0.1, 0.15) is 17.0 Å². The number of imidazole rings is 1. The highest BCUT2D eigenvalue weighted by atomic mass is 28.3. The van der Waals surface area contributed by atoms with Gasteiger partial charge >= 0.3 is 0 Å². The third-order valence-corrected chi connectivity index (χ3v) is 12.2. The lowest BCUT2D eigenvalue weighted by atomic mass is 9.87. The van der Waals surface area contributed by atoms with Crippen LogP contribution in [0.5, 0.6) is 0 Å². The van der Waals surface area contributed by atoms with E-state index in [0.717, 1.165) is 44.4 Å². The van der Waals surface area contributed by atoms with Crippen molar-refractivity contribution in [1.29, 1.82) is 0 Å². The number of furan rings is 1. The number of hydrogen-bond acceptors (Lipinski definition) is 2. The molecule has 8 rings (SSSR count). The SMILES string of the molecule is CC(C)c1cc(-c2ccc(-c3ccccc3)cc2)cc(C(C)C)c1-n1c(-c2cccc3c2oc2cc([Si](C)(C)C)ccc23)nc2ccccc21. The zero-order chi connectivity index (χ0) is 34.7. The second-order valence-electron chi connectivity index (χ2n) is 15.3. The van der Waals surface area contributed by atoms with E-state index in [4.69, 9.17) is 9.40 Å². The van der Waals surface area contributed by atoms with E-state index < -0.39 is 8.07 Å². The molecule has 0 radical (unpaired) electrons. The van der Waals surface area contributed by atoms with Crippen molar-refractivity contribution >= 4 is 46.2 Å². The van der Waals surface area contributed by atoms with Crippen molar-refractivity contribution in [2.75, 3.05) is 0 Å². The summed E-state index contributed by atoms with van der Waals surface area (Å²) in [5.74, 6) is 1.47. The molecule has 4 heteroatoms. The Labute approximate surface area is 296 Å². The van der Waals surface area contributed by atoms with Crippen LogP contribution in [-0.4, -0.2) is 17.6 Å². The van der Waals surface area contributed by atoms with Crippen LogP contribution in [0.15, 0.2) is 132 Å². The van der Waals surface area contributed by atoms with Gasteiger partial charge in [-0.3, -0.25) is 4.57 Å². The molecule has 0 saturated carbocycles. The van der Waals surface area contributed by atoms with Gasteiger partial charge in [-0.15, -0.1) is 0 Å². The van der Waals surface area contributed by atoms with E-state index in [1.54, 1.807) is 0 Å². The van der Waals surface area contributed by atoms with Gasteiger partial charge in [-0.2, -0.15) is 0 Å². The molecule has 0 unspecified atom stereocenters. The second kappa shape index (κ2) is 12.3. The largest absolute Gasteiger partial charge is 0.455 e. The highest BCUT2D eigenvalue weighted by molar-refractivity contribution is 6.88. The van der Waals surface area contributed by atoms with E-state index >= 15 is 0 Å². The molecule has 0 aliphatic heterocycles. The van der Waals surface area contributed by atoms with Gasteiger partial charge in [0.2, 0.25) is 0 Å². The minimum atomic E-state index is -1.51. The summed E-state index contributed by atoms with van der Waals surface area (Å²) in [6.45, 7) is 16.4. The lowest BCUT2D eigenvalue weighted by Crippen LogP contribution is -2.37. The minimum absolute atomic E-state index is 0.280. The molecule has 0 spiro atoms. The molecule has 0 saturated heterocycles. The molecule has 0 aliphatic carbocycles. The maximum absolute atomic E-state index is 6.80. The van der Waals surface area contributed by atoms with Gasteiger partial charge in [0, 0.05) is 10.8 Å². The summed E-state index contributed by atoms with van der Waals surface area (Å²) in [6, 6.07) is 46.3. The molecule has 248 valence electrons. The number of para-hydroxylation sites is 3. The van der Waals surface area contributed by atoms with Crippen LogP contribution in [0.2, 0.25) is 19.6 Å². The van der Waals surface area contributed by atoms with Crippen molar-refractivity contribution in [3.63, 3.8) is 0 Å². The van der Waals surface area contributed by atoms with Crippen LogP contribution in [0.1, 0.15) is 50.7 Å². The standard InChI is InChI=1S/C46H44N2OSi/c1-29(2)39-26-34(33-22-20-32(21-23-33)31-14-9-8-10-15-31)27-40(30(3)4)44(39)48-42-19-12-11-18-41(42)47-46(48)38-17-13-16-37-36-25-24-35(50(5,6)7)28-43(36)49-45(37)38/h8-30H,1-7H3. The summed E-state index contributed by atoms with van der Waals surface area (Å²) in [7, 11) is -1.51. The van der Waals surface area contributed by atoms with Crippen LogP contribution < -0.4 is 5.19 Å². The van der Waals surface area contributed by atoms with E-state index in [1.807, 2.05) is 0 Å². The second-order valence-corrected chi connectivity index (χ2v) is 20.3. The Morgan fingerprint density at radius 1 is 0.580 bits per heavy atom. The number of nitrogens with zero attached hydrogens (tertiary/aromatic N) is 2. The topological polar surface area (TPSA) is 31.0 Å². The molecule has 0 atom stereocenters. The molecule has 0 N–H and O–H groups in total. The summed E-state index contributed by atoms with van der Waals surface area (Å²) >= 11 is 0. The van der Waals surface area contributed by atoms with Crippen LogP contribution in [0.25, 0.3) is 72.3 Å². The van der Waals surface area contributed by atoms with Gasteiger partial charge < -0.3 is 4.42 Å². The summed E-state index contributed by atoms with van der Waals surface area (Å²) in [5, 5.41) is 3.68. The molecule has 2 aromatic heterocycles. The maximum atomic E-state index is 6.80. The maximum Gasteiger partial charge on any atom is 0.149 e. The number of rotatable bonds is 7. The minimum Gasteiger partial charge on any atom is -0.455 e. The van der Waals surface area contributed by atoms with E-state index in [1.165, 1.54) is 44.3 Å². The summed E-state index contributed by atoms with van der Waals surface area (Å²) in [5.41, 5.74) is 13.7. The molecular formula is C46H44N2OSi. The lowest BCUT2D eigenvalue weighted by Gasteiger charge is -2.24. The molecule has 0 amide bonds.